The van der Waals surface area contributed by atoms with Crippen LogP contribution in [0.25, 0.3) is 5.65 Å². The van der Waals surface area contributed by atoms with Crippen LogP contribution in [0.3, 0.4) is 0 Å². The van der Waals surface area contributed by atoms with Crippen molar-refractivity contribution in [1.82, 2.24) is 14.4 Å². The third kappa shape index (κ3) is 2.64. The van der Waals surface area contributed by atoms with E-state index in [-0.39, 0.29) is 0 Å². The maximum Gasteiger partial charge on any atom is 0.140 e. The van der Waals surface area contributed by atoms with E-state index in [0.717, 1.165) is 35.7 Å². The summed E-state index contributed by atoms with van der Waals surface area (Å²) >= 11 is 0. The molecule has 0 aromatic carbocycles. The normalized spacial score (nSPS) is 11.6. The molecule has 0 saturated heterocycles. The fourth-order valence-corrected chi connectivity index (χ4v) is 2.04. The lowest BCUT2D eigenvalue weighted by molar-refractivity contribution is 0.632. The maximum atomic E-state index is 5.55. The SMILES string of the molecule is Cc1nc(CC(C)C)cc2nc(CCN)cn12. The van der Waals surface area contributed by atoms with Gasteiger partial charge in [-0.05, 0) is 25.8 Å². The van der Waals surface area contributed by atoms with Crippen LogP contribution in [0.4, 0.5) is 0 Å². The number of nitrogens with zero attached hydrogens (tertiary/aromatic N) is 3. The highest BCUT2D eigenvalue weighted by Gasteiger charge is 2.07. The van der Waals surface area contributed by atoms with E-state index in [9.17, 15) is 0 Å². The summed E-state index contributed by atoms with van der Waals surface area (Å²) in [6.07, 6.45) is 3.85. The van der Waals surface area contributed by atoms with Crippen LogP contribution in [-0.2, 0) is 12.8 Å². The van der Waals surface area contributed by atoms with E-state index < -0.39 is 0 Å². The number of hydrogen-bond donors (Lipinski definition) is 1. The Bertz CT molecular complexity index is 513. The third-order valence-electron chi connectivity index (χ3n) is 2.75. The molecule has 0 saturated carbocycles. The number of imidazole rings is 1. The lowest BCUT2D eigenvalue weighted by atomic mass is 10.1. The fraction of sp³-hybridized carbons (Fsp3) is 0.538. The molecule has 0 atom stereocenters. The number of fused-ring (bicyclic) bond motifs is 1. The number of aromatic nitrogens is 3. The van der Waals surface area contributed by atoms with Gasteiger partial charge in [0.2, 0.25) is 0 Å². The van der Waals surface area contributed by atoms with Gasteiger partial charge in [-0.15, -0.1) is 0 Å². The fourth-order valence-electron chi connectivity index (χ4n) is 2.04. The van der Waals surface area contributed by atoms with Gasteiger partial charge in [-0.1, -0.05) is 13.8 Å². The van der Waals surface area contributed by atoms with Gasteiger partial charge in [0.1, 0.15) is 11.5 Å². The van der Waals surface area contributed by atoms with Crippen LogP contribution in [-0.4, -0.2) is 20.9 Å². The average molecular weight is 232 g/mol. The molecular formula is C13H20N4. The van der Waals surface area contributed by atoms with Crippen molar-refractivity contribution in [3.8, 4) is 0 Å². The second kappa shape index (κ2) is 4.84. The highest BCUT2D eigenvalue weighted by Crippen LogP contribution is 2.12. The zero-order valence-corrected chi connectivity index (χ0v) is 10.8. The van der Waals surface area contributed by atoms with Crippen molar-refractivity contribution in [2.45, 2.75) is 33.6 Å². The largest absolute Gasteiger partial charge is 0.330 e. The Balaban J connectivity index is 2.42. The second-order valence-corrected chi connectivity index (χ2v) is 4.89. The first kappa shape index (κ1) is 12.0. The molecule has 0 spiro atoms. The van der Waals surface area contributed by atoms with E-state index in [1.54, 1.807) is 0 Å². The van der Waals surface area contributed by atoms with Gasteiger partial charge in [-0.3, -0.25) is 4.40 Å². The van der Waals surface area contributed by atoms with Crippen LogP contribution in [0.2, 0.25) is 0 Å². The number of nitrogens with two attached hydrogens (primary N) is 1. The van der Waals surface area contributed by atoms with E-state index in [1.165, 1.54) is 0 Å². The molecule has 0 radical (unpaired) electrons. The molecule has 2 N–H and O–H groups in total. The molecule has 2 heterocycles. The van der Waals surface area contributed by atoms with Crippen molar-refractivity contribution in [3.63, 3.8) is 0 Å². The zero-order valence-electron chi connectivity index (χ0n) is 10.8. The molecule has 17 heavy (non-hydrogen) atoms. The summed E-state index contributed by atoms with van der Waals surface area (Å²) in [5.74, 6) is 1.61. The van der Waals surface area contributed by atoms with Gasteiger partial charge in [0.05, 0.1) is 5.69 Å². The molecular weight excluding hydrogens is 212 g/mol. The monoisotopic (exact) mass is 232 g/mol. The molecule has 0 aliphatic rings. The Hall–Kier alpha value is -1.42. The zero-order chi connectivity index (χ0) is 12.4. The highest BCUT2D eigenvalue weighted by atomic mass is 15.1. The minimum atomic E-state index is 0.614. The van der Waals surface area contributed by atoms with Crippen LogP contribution in [0.5, 0.6) is 0 Å². The lowest BCUT2D eigenvalue weighted by Gasteiger charge is -2.06. The summed E-state index contributed by atoms with van der Waals surface area (Å²) in [6, 6.07) is 2.08. The van der Waals surface area contributed by atoms with Crippen LogP contribution in [0, 0.1) is 12.8 Å². The summed E-state index contributed by atoms with van der Waals surface area (Å²) in [4.78, 5) is 9.18. The predicted octanol–water partition coefficient (Wildman–Crippen LogP) is 1.74. The number of rotatable bonds is 4. The molecule has 4 heteroatoms. The lowest BCUT2D eigenvalue weighted by Crippen LogP contribution is -2.02. The molecule has 0 fully saturated rings. The van der Waals surface area contributed by atoms with Crippen molar-refractivity contribution >= 4 is 5.65 Å². The van der Waals surface area contributed by atoms with Crippen molar-refractivity contribution < 1.29 is 0 Å². The molecule has 0 aliphatic heterocycles. The highest BCUT2D eigenvalue weighted by molar-refractivity contribution is 5.42. The summed E-state index contributed by atoms with van der Waals surface area (Å²) in [6.45, 7) is 7.05. The third-order valence-corrected chi connectivity index (χ3v) is 2.75. The molecule has 2 rings (SSSR count). The van der Waals surface area contributed by atoms with E-state index in [0.29, 0.717) is 12.5 Å². The van der Waals surface area contributed by atoms with E-state index >= 15 is 0 Å². The molecule has 0 bridgehead atoms. The topological polar surface area (TPSA) is 56.2 Å². The van der Waals surface area contributed by atoms with E-state index in [2.05, 4.69) is 29.9 Å². The first-order valence-electron chi connectivity index (χ1n) is 6.14. The maximum absolute atomic E-state index is 5.55. The summed E-state index contributed by atoms with van der Waals surface area (Å²) in [5.41, 5.74) is 8.70. The number of aryl methyl sites for hydroxylation is 1. The Morgan fingerprint density at radius 1 is 1.29 bits per heavy atom. The Morgan fingerprint density at radius 2 is 2.06 bits per heavy atom. The molecule has 0 amide bonds. The Labute approximate surface area is 102 Å². The van der Waals surface area contributed by atoms with Crippen LogP contribution >= 0.6 is 0 Å². The minimum Gasteiger partial charge on any atom is -0.330 e. The van der Waals surface area contributed by atoms with Crippen molar-refractivity contribution in [1.29, 1.82) is 0 Å². The molecule has 0 unspecified atom stereocenters. The molecule has 4 nitrogen and oxygen atoms in total. The predicted molar refractivity (Wildman–Crippen MR) is 69.0 cm³/mol. The van der Waals surface area contributed by atoms with Gasteiger partial charge >= 0.3 is 0 Å². The minimum absolute atomic E-state index is 0.614. The smallest absolute Gasteiger partial charge is 0.140 e. The summed E-state index contributed by atoms with van der Waals surface area (Å²) in [7, 11) is 0. The van der Waals surface area contributed by atoms with Crippen LogP contribution in [0.1, 0.15) is 31.1 Å². The van der Waals surface area contributed by atoms with Gasteiger partial charge in [-0.25, -0.2) is 9.97 Å². The quantitative estimate of drug-likeness (QED) is 0.873. The first-order valence-corrected chi connectivity index (χ1v) is 6.14. The van der Waals surface area contributed by atoms with Crippen LogP contribution < -0.4 is 5.73 Å². The van der Waals surface area contributed by atoms with E-state index in [1.807, 2.05) is 17.5 Å². The summed E-state index contributed by atoms with van der Waals surface area (Å²) < 4.78 is 2.04. The Kier molecular flexibility index (Phi) is 3.43. The van der Waals surface area contributed by atoms with Gasteiger partial charge in [0, 0.05) is 24.4 Å². The van der Waals surface area contributed by atoms with Gasteiger partial charge < -0.3 is 5.73 Å². The molecule has 92 valence electrons. The van der Waals surface area contributed by atoms with Crippen molar-refractivity contribution in [2.24, 2.45) is 11.7 Å². The Morgan fingerprint density at radius 3 is 2.71 bits per heavy atom. The first-order chi connectivity index (χ1) is 8.10. The van der Waals surface area contributed by atoms with Gasteiger partial charge in [0.15, 0.2) is 0 Å². The number of hydrogen-bond acceptors (Lipinski definition) is 3. The van der Waals surface area contributed by atoms with Crippen LogP contribution in [0.15, 0.2) is 12.3 Å². The molecule has 2 aromatic rings. The molecule has 0 aliphatic carbocycles. The van der Waals surface area contributed by atoms with E-state index in [4.69, 9.17) is 5.73 Å². The summed E-state index contributed by atoms with van der Waals surface area (Å²) in [5, 5.41) is 0. The van der Waals surface area contributed by atoms with Crippen molar-refractivity contribution in [3.05, 3.63) is 29.5 Å². The average Bonchev–Trinajstić information content (AvgIpc) is 2.60. The second-order valence-electron chi connectivity index (χ2n) is 4.89. The molecule has 2 aromatic heterocycles. The standard InChI is InChI=1S/C13H20N4/c1-9(2)6-12-7-13-16-11(4-5-14)8-17(13)10(3)15-12/h7-9H,4-6,14H2,1-3H3. The van der Waals surface area contributed by atoms with Crippen molar-refractivity contribution in [2.75, 3.05) is 6.54 Å². The van der Waals surface area contributed by atoms with Gasteiger partial charge in [-0.2, -0.15) is 0 Å². The van der Waals surface area contributed by atoms with Gasteiger partial charge in [0.25, 0.3) is 0 Å².